The molecule has 1 aromatic heterocycles. The third kappa shape index (κ3) is 2.17. The molecule has 0 bridgehead atoms. The van der Waals surface area contributed by atoms with E-state index in [1.54, 1.807) is 11.9 Å². The molecule has 0 atom stereocenters. The fraction of sp³-hybridized carbons (Fsp3) is 0.727. The maximum absolute atomic E-state index is 11.9. The Hall–Kier alpha value is -1.63. The van der Waals surface area contributed by atoms with E-state index in [2.05, 4.69) is 5.10 Å². The predicted molar refractivity (Wildman–Crippen MR) is 66.7 cm³/mol. The summed E-state index contributed by atoms with van der Waals surface area (Å²) in [6.45, 7) is 0.664. The Morgan fingerprint density at radius 3 is 2.56 bits per heavy atom. The summed E-state index contributed by atoms with van der Waals surface area (Å²) in [5, 5.41) is 13.2. The van der Waals surface area contributed by atoms with Gasteiger partial charge < -0.3 is 10.0 Å². The van der Waals surface area contributed by atoms with Gasteiger partial charge in [-0.3, -0.25) is 9.36 Å². The fourth-order valence-corrected chi connectivity index (χ4v) is 2.24. The van der Waals surface area contributed by atoms with Crippen LogP contribution in [0.5, 0.6) is 0 Å². The number of aryl methyl sites for hydroxylation is 1. The Kier molecular flexibility index (Phi) is 3.25. The highest BCUT2D eigenvalue weighted by Gasteiger charge is 2.29. The first-order valence-corrected chi connectivity index (χ1v) is 5.93. The number of hydrogen-bond acceptors (Lipinski definition) is 5. The van der Waals surface area contributed by atoms with E-state index in [1.807, 2.05) is 0 Å². The topological polar surface area (TPSA) is 80.4 Å². The van der Waals surface area contributed by atoms with Gasteiger partial charge in [0.15, 0.2) is 0 Å². The Morgan fingerprint density at radius 1 is 1.39 bits per heavy atom. The zero-order valence-corrected chi connectivity index (χ0v) is 10.8. The molecule has 1 N–H and O–H groups in total. The van der Waals surface area contributed by atoms with Crippen LogP contribution >= 0.6 is 0 Å². The minimum absolute atomic E-state index is 0.209. The SMILES string of the molecule is CN(CC1CC(O)C1)c1nn(C)c(=O)n(C)c1=O. The van der Waals surface area contributed by atoms with Crippen molar-refractivity contribution < 1.29 is 5.11 Å². The second-order valence-electron chi connectivity index (χ2n) is 4.97. The Bertz CT molecular complexity index is 556. The standard InChI is InChI=1S/C11H18N4O3/c1-13(6-7-4-8(16)5-7)9-10(17)14(2)11(18)15(3)12-9/h7-8,16H,4-6H2,1-3H3. The number of anilines is 1. The molecule has 0 radical (unpaired) electrons. The maximum Gasteiger partial charge on any atom is 0.346 e. The minimum atomic E-state index is -0.434. The van der Waals surface area contributed by atoms with Crippen LogP contribution in [0.4, 0.5) is 5.82 Å². The number of aromatic nitrogens is 3. The van der Waals surface area contributed by atoms with E-state index in [1.165, 1.54) is 14.1 Å². The fourth-order valence-electron chi connectivity index (χ4n) is 2.24. The lowest BCUT2D eigenvalue weighted by molar-refractivity contribution is 0.0463. The Morgan fingerprint density at radius 2 is 2.00 bits per heavy atom. The number of hydrogen-bond donors (Lipinski definition) is 1. The van der Waals surface area contributed by atoms with Crippen LogP contribution in [0.3, 0.4) is 0 Å². The van der Waals surface area contributed by atoms with Crippen molar-refractivity contribution in [2.75, 3.05) is 18.5 Å². The number of aliphatic hydroxyl groups is 1. The molecule has 0 amide bonds. The van der Waals surface area contributed by atoms with Crippen molar-refractivity contribution in [3.05, 3.63) is 20.8 Å². The molecule has 1 aromatic rings. The van der Waals surface area contributed by atoms with Crippen LogP contribution < -0.4 is 16.1 Å². The molecule has 1 aliphatic carbocycles. The largest absolute Gasteiger partial charge is 0.393 e. The summed E-state index contributed by atoms with van der Waals surface area (Å²) in [4.78, 5) is 25.2. The van der Waals surface area contributed by atoms with Crippen LogP contribution in [0, 0.1) is 5.92 Å². The monoisotopic (exact) mass is 254 g/mol. The van der Waals surface area contributed by atoms with Gasteiger partial charge in [-0.25, -0.2) is 9.48 Å². The quantitative estimate of drug-likeness (QED) is 0.724. The average molecular weight is 254 g/mol. The van der Waals surface area contributed by atoms with Crippen molar-refractivity contribution in [2.24, 2.45) is 20.0 Å². The second kappa shape index (κ2) is 4.56. The molecule has 7 heteroatoms. The van der Waals surface area contributed by atoms with Crippen molar-refractivity contribution >= 4 is 5.82 Å². The zero-order valence-electron chi connectivity index (χ0n) is 10.8. The average Bonchev–Trinajstić information content (AvgIpc) is 2.29. The normalized spacial score (nSPS) is 22.7. The molecule has 1 fully saturated rings. The summed E-state index contributed by atoms with van der Waals surface area (Å²) in [5.74, 6) is 0.648. The summed E-state index contributed by atoms with van der Waals surface area (Å²) in [6, 6.07) is 0. The first-order chi connectivity index (χ1) is 8.40. The summed E-state index contributed by atoms with van der Waals surface area (Å²) < 4.78 is 2.21. The van der Waals surface area contributed by atoms with Crippen molar-refractivity contribution in [3.63, 3.8) is 0 Å². The van der Waals surface area contributed by atoms with Gasteiger partial charge in [0, 0.05) is 27.7 Å². The van der Waals surface area contributed by atoms with Gasteiger partial charge in [-0.15, -0.1) is 5.10 Å². The van der Waals surface area contributed by atoms with Gasteiger partial charge in [-0.1, -0.05) is 0 Å². The summed E-state index contributed by atoms with van der Waals surface area (Å²) in [7, 11) is 4.74. The number of aliphatic hydroxyl groups excluding tert-OH is 1. The molecule has 1 heterocycles. The summed E-state index contributed by atoms with van der Waals surface area (Å²) >= 11 is 0. The van der Waals surface area contributed by atoms with Crippen LogP contribution in [0.15, 0.2) is 9.59 Å². The lowest BCUT2D eigenvalue weighted by Crippen LogP contribution is -2.44. The highest BCUT2D eigenvalue weighted by atomic mass is 16.3. The summed E-state index contributed by atoms with van der Waals surface area (Å²) in [5.41, 5.74) is -0.823. The maximum atomic E-state index is 11.9. The van der Waals surface area contributed by atoms with Crippen molar-refractivity contribution in [1.82, 2.24) is 14.3 Å². The highest BCUT2D eigenvalue weighted by Crippen LogP contribution is 2.27. The number of rotatable bonds is 3. The van der Waals surface area contributed by atoms with Gasteiger partial charge in [0.25, 0.3) is 5.56 Å². The third-order valence-electron chi connectivity index (χ3n) is 3.41. The molecule has 18 heavy (non-hydrogen) atoms. The molecule has 1 saturated carbocycles. The van der Waals surface area contributed by atoms with Crippen molar-refractivity contribution in [2.45, 2.75) is 18.9 Å². The molecular formula is C11H18N4O3. The molecule has 0 spiro atoms. The van der Waals surface area contributed by atoms with Gasteiger partial charge in [-0.2, -0.15) is 0 Å². The van der Waals surface area contributed by atoms with E-state index in [0.717, 1.165) is 22.1 Å². The van der Waals surface area contributed by atoms with Gasteiger partial charge in [0.05, 0.1) is 6.10 Å². The molecule has 2 rings (SSSR count). The molecule has 0 saturated heterocycles. The predicted octanol–water partition coefficient (Wildman–Crippen LogP) is -1.31. The van der Waals surface area contributed by atoms with Gasteiger partial charge >= 0.3 is 5.69 Å². The smallest absolute Gasteiger partial charge is 0.346 e. The van der Waals surface area contributed by atoms with Gasteiger partial charge in [0.2, 0.25) is 5.82 Å². The highest BCUT2D eigenvalue weighted by molar-refractivity contribution is 5.33. The van der Waals surface area contributed by atoms with Crippen LogP contribution in [0.1, 0.15) is 12.8 Å². The first-order valence-electron chi connectivity index (χ1n) is 5.93. The van der Waals surface area contributed by atoms with Crippen LogP contribution in [-0.2, 0) is 14.1 Å². The first kappa shape index (κ1) is 12.8. The van der Waals surface area contributed by atoms with Crippen molar-refractivity contribution in [3.8, 4) is 0 Å². The second-order valence-corrected chi connectivity index (χ2v) is 4.97. The van der Waals surface area contributed by atoms with E-state index < -0.39 is 5.69 Å². The molecule has 1 aliphatic rings. The number of nitrogens with zero attached hydrogens (tertiary/aromatic N) is 4. The van der Waals surface area contributed by atoms with E-state index >= 15 is 0 Å². The molecule has 100 valence electrons. The van der Waals surface area contributed by atoms with Crippen LogP contribution in [0.25, 0.3) is 0 Å². The Labute approximate surface area is 104 Å². The molecule has 7 nitrogen and oxygen atoms in total. The molecule has 0 aliphatic heterocycles. The van der Waals surface area contributed by atoms with E-state index in [-0.39, 0.29) is 17.5 Å². The van der Waals surface area contributed by atoms with Crippen molar-refractivity contribution in [1.29, 1.82) is 0 Å². The summed E-state index contributed by atoms with van der Waals surface area (Å²) in [6.07, 6.45) is 1.31. The van der Waals surface area contributed by atoms with E-state index in [9.17, 15) is 14.7 Å². The molecular weight excluding hydrogens is 236 g/mol. The van der Waals surface area contributed by atoms with E-state index in [0.29, 0.717) is 12.5 Å². The molecule has 0 unspecified atom stereocenters. The lowest BCUT2D eigenvalue weighted by atomic mass is 9.82. The van der Waals surface area contributed by atoms with Crippen LogP contribution in [-0.4, -0.2) is 39.2 Å². The van der Waals surface area contributed by atoms with Crippen LogP contribution in [0.2, 0.25) is 0 Å². The van der Waals surface area contributed by atoms with E-state index in [4.69, 9.17) is 0 Å². The Balaban J connectivity index is 2.23. The zero-order chi connectivity index (χ0) is 13.4. The lowest BCUT2D eigenvalue weighted by Gasteiger charge is -2.34. The van der Waals surface area contributed by atoms with Gasteiger partial charge in [0.1, 0.15) is 0 Å². The minimum Gasteiger partial charge on any atom is -0.393 e. The molecule has 0 aromatic carbocycles. The van der Waals surface area contributed by atoms with Gasteiger partial charge in [-0.05, 0) is 18.8 Å². The third-order valence-corrected chi connectivity index (χ3v) is 3.41.